The van der Waals surface area contributed by atoms with Gasteiger partial charge in [0, 0.05) is 12.0 Å². The van der Waals surface area contributed by atoms with E-state index in [9.17, 15) is 20.1 Å². The van der Waals surface area contributed by atoms with Gasteiger partial charge in [0.2, 0.25) is 11.8 Å². The number of nitrogens with one attached hydrogen (secondary N) is 1. The van der Waals surface area contributed by atoms with Crippen LogP contribution in [0.5, 0.6) is 0 Å². The molecule has 1 aromatic heterocycles. The van der Waals surface area contributed by atoms with Gasteiger partial charge in [0.1, 0.15) is 12.2 Å². The lowest BCUT2D eigenvalue weighted by Crippen LogP contribution is -2.52. The lowest BCUT2D eigenvalue weighted by molar-refractivity contribution is -0.160. The molecule has 4 rings (SSSR count). The third-order valence-electron chi connectivity index (χ3n) is 6.36. The van der Waals surface area contributed by atoms with E-state index in [0.717, 1.165) is 11.1 Å². The summed E-state index contributed by atoms with van der Waals surface area (Å²) < 4.78 is 17.3. The summed E-state index contributed by atoms with van der Waals surface area (Å²) in [5.74, 6) is -0.610. The molecule has 1 heterocycles. The largest absolute Gasteiger partial charge is 0.418 e. The van der Waals surface area contributed by atoms with E-state index >= 15 is 0 Å². The fourth-order valence-electron chi connectivity index (χ4n) is 4.42. The number of carbonyl (C=O) groups is 1. The molecule has 12 heteroatoms. The lowest BCUT2D eigenvalue weighted by Gasteiger charge is -2.30. The summed E-state index contributed by atoms with van der Waals surface area (Å²) in [5, 5.41) is 44.0. The van der Waals surface area contributed by atoms with E-state index in [1.165, 1.54) is 0 Å². The van der Waals surface area contributed by atoms with E-state index in [0.29, 0.717) is 12.0 Å². The molecular formula is C28H29Br2N3O7. The molecule has 4 N–H and O–H groups in total. The number of rotatable bonds is 13. The smallest absolute Gasteiger partial charge is 0.252 e. The standard InChI is InChI=1S/C28H29Br2N3O7/c29-12-6-14-38-24(26(37)31-21-19-11-5-4-10-18(19)16-20(21)34)22(35)23(36)25(39-15-7-13-30)28-33-32-27(40-28)17-8-2-1-3-9-17/h1-13,20-25,34-36H,14-16H2,(H,31,37)/b12-6+,13-7+/t20-,21+,22-,23-,24-,25-/m1/s1. The van der Waals surface area contributed by atoms with E-state index in [2.05, 4.69) is 47.4 Å². The quantitative estimate of drug-likeness (QED) is 0.213. The Morgan fingerprint density at radius 1 is 1.00 bits per heavy atom. The minimum absolute atomic E-state index is 0.0256. The molecule has 0 saturated carbocycles. The van der Waals surface area contributed by atoms with Crippen molar-refractivity contribution >= 4 is 37.8 Å². The van der Waals surface area contributed by atoms with Gasteiger partial charge in [-0.2, -0.15) is 0 Å². The number of ether oxygens (including phenoxy) is 2. The van der Waals surface area contributed by atoms with Crippen LogP contribution in [0.4, 0.5) is 0 Å². The number of halogens is 2. The van der Waals surface area contributed by atoms with Gasteiger partial charge >= 0.3 is 0 Å². The Bertz CT molecular complexity index is 1300. The van der Waals surface area contributed by atoms with Crippen LogP contribution in [0.2, 0.25) is 0 Å². The highest BCUT2D eigenvalue weighted by molar-refractivity contribution is 9.11. The van der Waals surface area contributed by atoms with Crippen molar-refractivity contribution in [1.29, 1.82) is 0 Å². The van der Waals surface area contributed by atoms with Crippen molar-refractivity contribution in [2.24, 2.45) is 0 Å². The fraction of sp³-hybridized carbons (Fsp3) is 0.321. The van der Waals surface area contributed by atoms with Crippen molar-refractivity contribution in [3.63, 3.8) is 0 Å². The fourth-order valence-corrected chi connectivity index (χ4v) is 4.73. The number of aliphatic hydroxyl groups is 3. The lowest BCUT2D eigenvalue weighted by atomic mass is 10.0. The topological polar surface area (TPSA) is 147 Å². The van der Waals surface area contributed by atoms with Crippen molar-refractivity contribution in [3.8, 4) is 11.5 Å². The van der Waals surface area contributed by atoms with Crippen molar-refractivity contribution in [2.45, 2.75) is 43.0 Å². The molecule has 1 amide bonds. The second-order valence-electron chi connectivity index (χ2n) is 8.98. The zero-order chi connectivity index (χ0) is 28.5. The first kappa shape index (κ1) is 30.3. The Morgan fingerprint density at radius 3 is 2.40 bits per heavy atom. The highest BCUT2D eigenvalue weighted by Gasteiger charge is 2.42. The van der Waals surface area contributed by atoms with Gasteiger partial charge in [-0.05, 0) is 33.2 Å². The van der Waals surface area contributed by atoms with Gasteiger partial charge < -0.3 is 34.5 Å². The molecule has 2 aromatic carbocycles. The van der Waals surface area contributed by atoms with Crippen LogP contribution in [0.25, 0.3) is 11.5 Å². The molecule has 0 aliphatic heterocycles. The molecule has 0 unspecified atom stereocenters. The predicted molar refractivity (Wildman–Crippen MR) is 153 cm³/mol. The molecule has 0 bridgehead atoms. The van der Waals surface area contributed by atoms with E-state index in [-0.39, 0.29) is 25.0 Å². The van der Waals surface area contributed by atoms with Crippen LogP contribution in [0.15, 0.2) is 81.1 Å². The molecule has 6 atom stereocenters. The van der Waals surface area contributed by atoms with Crippen molar-refractivity contribution in [1.82, 2.24) is 15.5 Å². The zero-order valence-electron chi connectivity index (χ0n) is 21.2. The number of carbonyl (C=O) groups excluding carboxylic acids is 1. The Morgan fingerprint density at radius 2 is 1.68 bits per heavy atom. The van der Waals surface area contributed by atoms with Gasteiger partial charge in [0.25, 0.3) is 5.91 Å². The van der Waals surface area contributed by atoms with E-state index in [1.807, 2.05) is 42.5 Å². The monoisotopic (exact) mass is 677 g/mol. The van der Waals surface area contributed by atoms with Crippen LogP contribution in [-0.4, -0.2) is 69.1 Å². The first-order chi connectivity index (χ1) is 19.4. The summed E-state index contributed by atoms with van der Waals surface area (Å²) >= 11 is 6.31. The number of aliphatic hydroxyl groups excluding tert-OH is 3. The maximum absolute atomic E-state index is 13.4. The number of hydrogen-bond donors (Lipinski definition) is 4. The Hall–Kier alpha value is -2.71. The third kappa shape index (κ3) is 7.32. The van der Waals surface area contributed by atoms with Gasteiger partial charge in [-0.3, -0.25) is 4.79 Å². The first-order valence-electron chi connectivity index (χ1n) is 12.5. The summed E-state index contributed by atoms with van der Waals surface area (Å²) in [6.07, 6.45) is -3.59. The first-order valence-corrected chi connectivity index (χ1v) is 14.3. The summed E-state index contributed by atoms with van der Waals surface area (Å²) in [6, 6.07) is 15.7. The van der Waals surface area contributed by atoms with Gasteiger partial charge in [-0.15, -0.1) is 10.2 Å². The average Bonchev–Trinajstić information content (AvgIpc) is 3.58. The number of hydrogen-bond acceptors (Lipinski definition) is 9. The summed E-state index contributed by atoms with van der Waals surface area (Å²) in [5.41, 5.74) is 2.35. The summed E-state index contributed by atoms with van der Waals surface area (Å²) in [6.45, 7) is -0.0225. The van der Waals surface area contributed by atoms with Gasteiger partial charge in [-0.1, -0.05) is 86.5 Å². The van der Waals surface area contributed by atoms with Crippen molar-refractivity contribution < 1.29 is 34.0 Å². The van der Waals surface area contributed by atoms with Crippen molar-refractivity contribution in [3.05, 3.63) is 93.7 Å². The highest BCUT2D eigenvalue weighted by atomic mass is 79.9. The molecule has 40 heavy (non-hydrogen) atoms. The number of amides is 1. The number of benzene rings is 2. The molecule has 10 nitrogen and oxygen atoms in total. The Balaban J connectivity index is 1.57. The molecule has 3 aromatic rings. The molecule has 0 saturated heterocycles. The zero-order valence-corrected chi connectivity index (χ0v) is 24.4. The van der Waals surface area contributed by atoms with Crippen molar-refractivity contribution in [2.75, 3.05) is 13.2 Å². The Kier molecular flexibility index (Phi) is 11.2. The third-order valence-corrected chi connectivity index (χ3v) is 7.11. The van der Waals surface area contributed by atoms with Crippen LogP contribution in [0.1, 0.15) is 29.2 Å². The van der Waals surface area contributed by atoms with E-state index in [4.69, 9.17) is 13.9 Å². The molecule has 1 aliphatic rings. The molecule has 1 aliphatic carbocycles. The van der Waals surface area contributed by atoms with Crippen LogP contribution < -0.4 is 5.32 Å². The molecule has 0 radical (unpaired) electrons. The van der Waals surface area contributed by atoms with E-state index in [1.54, 1.807) is 34.3 Å². The maximum atomic E-state index is 13.4. The van der Waals surface area contributed by atoms with Gasteiger partial charge in [0.15, 0.2) is 12.2 Å². The van der Waals surface area contributed by atoms with Gasteiger partial charge in [0.05, 0.1) is 25.4 Å². The van der Waals surface area contributed by atoms with Gasteiger partial charge in [-0.25, -0.2) is 0 Å². The minimum atomic E-state index is -1.78. The number of fused-ring (bicyclic) bond motifs is 1. The normalized spacial score (nSPS) is 19.9. The number of nitrogens with zero attached hydrogens (tertiary/aromatic N) is 2. The molecular weight excluding hydrogens is 650 g/mol. The maximum Gasteiger partial charge on any atom is 0.252 e. The molecule has 0 spiro atoms. The average molecular weight is 679 g/mol. The van der Waals surface area contributed by atoms with Crippen LogP contribution >= 0.6 is 31.9 Å². The van der Waals surface area contributed by atoms with E-state index < -0.39 is 42.5 Å². The summed E-state index contributed by atoms with van der Waals surface area (Å²) in [4.78, 5) is 16.6. The Labute approximate surface area is 248 Å². The molecule has 212 valence electrons. The minimum Gasteiger partial charge on any atom is -0.418 e. The van der Waals surface area contributed by atoms with Crippen LogP contribution in [0, 0.1) is 0 Å². The highest BCUT2D eigenvalue weighted by Crippen LogP contribution is 2.32. The predicted octanol–water partition coefficient (Wildman–Crippen LogP) is 3.49. The molecule has 0 fully saturated rings. The van der Waals surface area contributed by atoms with Crippen LogP contribution in [-0.2, 0) is 20.7 Å². The number of aromatic nitrogens is 2. The second-order valence-corrected chi connectivity index (χ2v) is 10.0. The SMILES string of the molecule is O=C(N[C@H]1c2ccccc2C[C@H]1O)[C@H](OC/C=C/Br)[C@H](O)[C@@H](O)[C@@H](OC/C=C/Br)c1nnc(-c2ccccc2)o1. The van der Waals surface area contributed by atoms with Crippen LogP contribution in [0.3, 0.4) is 0 Å². The summed E-state index contributed by atoms with van der Waals surface area (Å²) in [7, 11) is 0. The second kappa shape index (κ2) is 14.8.